The third kappa shape index (κ3) is 5.43. The third-order valence-corrected chi connectivity index (χ3v) is 3.63. The van der Waals surface area contributed by atoms with E-state index >= 15 is 0 Å². The molecule has 0 N–H and O–H groups in total. The van der Waals surface area contributed by atoms with E-state index in [9.17, 15) is 0 Å². The predicted octanol–water partition coefficient (Wildman–Crippen LogP) is -0.0903. The van der Waals surface area contributed by atoms with Crippen LogP contribution in [0.2, 0.25) is 0 Å². The summed E-state index contributed by atoms with van der Waals surface area (Å²) in [4.78, 5) is 4.41. The number of rotatable bonds is 5. The third-order valence-electron chi connectivity index (χ3n) is 3.63. The first-order chi connectivity index (χ1) is 10.2. The number of aryl methyl sites for hydroxylation is 2. The average molecular weight is 425 g/mol. The van der Waals surface area contributed by atoms with Crippen molar-refractivity contribution in [3.63, 3.8) is 0 Å². The summed E-state index contributed by atoms with van der Waals surface area (Å²) in [7, 11) is 0. The Morgan fingerprint density at radius 3 is 2.30 bits per heavy atom. The van der Waals surface area contributed by atoms with Gasteiger partial charge >= 0.3 is 22.4 Å². The van der Waals surface area contributed by atoms with E-state index in [0.29, 0.717) is 0 Å². The molecule has 2 heterocycles. The molecule has 1 radical (unpaired) electrons. The van der Waals surface area contributed by atoms with Crippen molar-refractivity contribution in [1.29, 1.82) is 0 Å². The molecule has 0 amide bonds. The van der Waals surface area contributed by atoms with Gasteiger partial charge in [-0.25, -0.2) is 0 Å². The van der Waals surface area contributed by atoms with Gasteiger partial charge in [0, 0.05) is 31.2 Å². The molecule has 1 aromatic heterocycles. The number of benzene rings is 1. The monoisotopic (exact) mass is 423 g/mol. The zero-order valence-corrected chi connectivity index (χ0v) is 15.5. The maximum absolute atomic E-state index is 4.50. The van der Waals surface area contributed by atoms with Crippen molar-refractivity contribution in [3.8, 4) is 0 Å². The van der Waals surface area contributed by atoms with Crippen LogP contribution in [-0.2, 0) is 35.5 Å². The van der Waals surface area contributed by atoms with Crippen molar-refractivity contribution >= 4 is 0 Å². The first-order valence-electron chi connectivity index (χ1n) is 7.30. The summed E-state index contributed by atoms with van der Waals surface area (Å²) < 4.78 is 2.07. The van der Waals surface area contributed by atoms with Crippen LogP contribution in [-0.4, -0.2) is 26.1 Å². The van der Waals surface area contributed by atoms with Crippen molar-refractivity contribution in [3.05, 3.63) is 72.4 Å². The largest absolute Gasteiger partial charge is 1.00 e. The van der Waals surface area contributed by atoms with Crippen molar-refractivity contribution in [2.24, 2.45) is 0 Å². The van der Waals surface area contributed by atoms with Gasteiger partial charge in [-0.05, 0) is 25.5 Å². The van der Waals surface area contributed by atoms with E-state index in [1.807, 2.05) is 13.0 Å². The van der Waals surface area contributed by atoms with Crippen LogP contribution >= 0.6 is 0 Å². The fourth-order valence-corrected chi connectivity index (χ4v) is 2.57. The molecule has 0 aliphatic carbocycles. The van der Waals surface area contributed by atoms with Crippen molar-refractivity contribution in [1.82, 2.24) is 19.6 Å². The second kappa shape index (κ2) is 9.18. The Morgan fingerprint density at radius 1 is 0.957 bits per heavy atom. The molecule has 3 rings (SSSR count). The molecule has 4 nitrogen and oxygen atoms in total. The van der Waals surface area contributed by atoms with Gasteiger partial charge < -0.3 is 22.2 Å². The van der Waals surface area contributed by atoms with E-state index in [1.165, 1.54) is 11.3 Å². The van der Waals surface area contributed by atoms with E-state index in [0.717, 1.165) is 25.3 Å². The Kier molecular flexibility index (Phi) is 7.92. The second-order valence-corrected chi connectivity index (χ2v) is 5.46. The summed E-state index contributed by atoms with van der Waals surface area (Å²) in [6.07, 6.45) is 4.24. The molecule has 6 heteroatoms. The minimum atomic E-state index is 0. The molecule has 0 saturated heterocycles. The number of hydrogen-bond donors (Lipinski definition) is 0. The normalized spacial score (nSPS) is 13.0. The average Bonchev–Trinajstić information content (AvgIpc) is 3.04. The maximum atomic E-state index is 4.50. The fraction of sp³-hybridized carbons (Fsp3) is 0.294. The van der Waals surface area contributed by atoms with Gasteiger partial charge in [0.2, 0.25) is 0 Å². The Morgan fingerprint density at radius 2 is 1.65 bits per heavy atom. The van der Waals surface area contributed by atoms with Gasteiger partial charge in [0.1, 0.15) is 6.67 Å². The van der Waals surface area contributed by atoms with Gasteiger partial charge in [-0.3, -0.25) is 4.68 Å². The summed E-state index contributed by atoms with van der Waals surface area (Å²) in [5, 5.41) is 4.50. The van der Waals surface area contributed by atoms with Gasteiger partial charge in [0.15, 0.2) is 0 Å². The zero-order chi connectivity index (χ0) is 14.7. The first kappa shape index (κ1) is 19.8. The van der Waals surface area contributed by atoms with Crippen LogP contribution in [0.5, 0.6) is 0 Å². The second-order valence-electron chi connectivity index (χ2n) is 5.46. The SMILES string of the molecule is Cc1cc(C)n(CCN2[CH]N(Cc3ccccc3)C=C2)n1.[Ag+].[Cl-]. The quantitative estimate of drug-likeness (QED) is 0.627. The molecule has 2 aromatic rings. The minimum Gasteiger partial charge on any atom is -1.00 e. The Bertz CT molecular complexity index is 627. The molecule has 0 bridgehead atoms. The number of aromatic nitrogens is 2. The van der Waals surface area contributed by atoms with Gasteiger partial charge in [-0.1, -0.05) is 30.3 Å². The van der Waals surface area contributed by atoms with Gasteiger partial charge in [-0.2, -0.15) is 5.10 Å². The Labute approximate surface area is 160 Å². The van der Waals surface area contributed by atoms with Crippen LogP contribution in [0.4, 0.5) is 0 Å². The molecule has 127 valence electrons. The van der Waals surface area contributed by atoms with Crippen LogP contribution < -0.4 is 12.4 Å². The van der Waals surface area contributed by atoms with E-state index in [1.54, 1.807) is 0 Å². The summed E-state index contributed by atoms with van der Waals surface area (Å²) in [5.41, 5.74) is 3.62. The van der Waals surface area contributed by atoms with E-state index in [2.05, 4.69) is 75.9 Å². The Hall–Kier alpha value is -1.20. The van der Waals surface area contributed by atoms with Crippen LogP contribution in [0.25, 0.3) is 0 Å². The molecule has 0 atom stereocenters. The Balaban J connectivity index is 0.00000132. The predicted molar refractivity (Wildman–Crippen MR) is 83.8 cm³/mol. The van der Waals surface area contributed by atoms with Crippen LogP contribution in [0.1, 0.15) is 17.0 Å². The standard InChI is InChI=1S/C17H21N4.Ag.ClH/c1-15-12-16(2)21(18-15)11-10-19-8-9-20(14-19)13-17-6-4-3-5-7-17;;/h3-9,12,14H,10-11,13H2,1-2H3;;1H/q;+1;/p-1. The summed E-state index contributed by atoms with van der Waals surface area (Å²) in [6, 6.07) is 12.6. The minimum absolute atomic E-state index is 0. The van der Waals surface area contributed by atoms with Crippen LogP contribution in [0.15, 0.2) is 48.8 Å². The molecule has 0 spiro atoms. The molecule has 1 aromatic carbocycles. The molecule has 1 aliphatic rings. The van der Waals surface area contributed by atoms with Gasteiger partial charge in [-0.15, -0.1) is 0 Å². The maximum Gasteiger partial charge on any atom is 1.00 e. The molecular formula is C17H21AgClN4. The fourth-order valence-electron chi connectivity index (χ4n) is 2.57. The number of nitrogens with zero attached hydrogens (tertiary/aromatic N) is 4. The van der Waals surface area contributed by atoms with E-state index in [-0.39, 0.29) is 34.8 Å². The van der Waals surface area contributed by atoms with E-state index < -0.39 is 0 Å². The number of hydrogen-bond acceptors (Lipinski definition) is 3. The number of halogens is 1. The van der Waals surface area contributed by atoms with Gasteiger partial charge in [0.05, 0.1) is 12.2 Å². The van der Waals surface area contributed by atoms with Crippen molar-refractivity contribution in [2.75, 3.05) is 6.54 Å². The summed E-state index contributed by atoms with van der Waals surface area (Å²) in [6.45, 7) is 9.04. The zero-order valence-electron chi connectivity index (χ0n) is 13.3. The van der Waals surface area contributed by atoms with Crippen molar-refractivity contribution in [2.45, 2.75) is 26.9 Å². The molecule has 0 unspecified atom stereocenters. The summed E-state index contributed by atoms with van der Waals surface area (Å²) in [5.74, 6) is 0. The smallest absolute Gasteiger partial charge is 1.00 e. The molecule has 0 fully saturated rings. The summed E-state index contributed by atoms with van der Waals surface area (Å²) >= 11 is 0. The molecule has 1 aliphatic heterocycles. The first-order valence-corrected chi connectivity index (χ1v) is 7.30. The molecule has 0 saturated carbocycles. The van der Waals surface area contributed by atoms with Crippen molar-refractivity contribution < 1.29 is 34.8 Å². The van der Waals surface area contributed by atoms with E-state index in [4.69, 9.17) is 0 Å². The van der Waals surface area contributed by atoms with Crippen LogP contribution in [0, 0.1) is 20.5 Å². The van der Waals surface area contributed by atoms with Gasteiger partial charge in [0.25, 0.3) is 0 Å². The van der Waals surface area contributed by atoms with Crippen LogP contribution in [0.3, 0.4) is 0 Å². The molecule has 23 heavy (non-hydrogen) atoms. The molecular weight excluding hydrogens is 404 g/mol. The topological polar surface area (TPSA) is 24.3 Å².